The van der Waals surface area contributed by atoms with Crippen LogP contribution in [-0.2, 0) is 0 Å². The summed E-state index contributed by atoms with van der Waals surface area (Å²) >= 11 is 0. The summed E-state index contributed by atoms with van der Waals surface area (Å²) in [6, 6.07) is 0. The van der Waals surface area contributed by atoms with Crippen LogP contribution >= 0.6 is 0 Å². The molecule has 0 amide bonds. The Balaban J connectivity index is 3.53. The van der Waals surface area contributed by atoms with Crippen LogP contribution in [-0.4, -0.2) is 6.18 Å². The maximum absolute atomic E-state index is 11.5. The number of halogens is 3. The average Bonchev–Trinajstić information content (AvgIpc) is 1.85. The van der Waals surface area contributed by atoms with Crippen molar-refractivity contribution in [3.63, 3.8) is 0 Å². The van der Waals surface area contributed by atoms with E-state index in [1.54, 1.807) is 12.2 Å². The lowest BCUT2D eigenvalue weighted by Crippen LogP contribution is -2.03. The number of allylic oxidation sites excluding steroid dienone is 4. The molecule has 64 valence electrons. The number of rotatable bonds is 3. The Labute approximate surface area is 64.4 Å². The Bertz CT molecular complexity index is 142. The molecule has 3 heteroatoms. The number of hydrogen-bond donors (Lipinski definition) is 0. The van der Waals surface area contributed by atoms with Gasteiger partial charge in [0.2, 0.25) is 0 Å². The molecule has 0 aliphatic rings. The first-order valence-corrected chi connectivity index (χ1v) is 3.44. The normalized spacial score (nSPS) is 13.5. The fourth-order valence-electron chi connectivity index (χ4n) is 0.495. The third-order valence-electron chi connectivity index (χ3n) is 0.968. The van der Waals surface area contributed by atoms with Crippen molar-refractivity contribution in [1.82, 2.24) is 0 Å². The Morgan fingerprint density at radius 2 is 1.64 bits per heavy atom. The minimum Gasteiger partial charge on any atom is -0.171 e. The highest BCUT2D eigenvalue weighted by Crippen LogP contribution is 2.19. The molecule has 0 fully saturated rings. The molecule has 11 heavy (non-hydrogen) atoms. The van der Waals surface area contributed by atoms with E-state index in [-0.39, 0.29) is 0 Å². The van der Waals surface area contributed by atoms with E-state index in [1.807, 2.05) is 6.92 Å². The fraction of sp³-hybridized carbons (Fsp3) is 0.500. The minimum atomic E-state index is -4.07. The van der Waals surface area contributed by atoms with Crippen LogP contribution in [0.1, 0.15) is 19.8 Å². The third kappa shape index (κ3) is 9.27. The van der Waals surface area contributed by atoms with Gasteiger partial charge in [0.05, 0.1) is 6.42 Å². The monoisotopic (exact) mass is 164 g/mol. The molecule has 0 aromatic carbocycles. The molecular formula is C8H11F3. The predicted molar refractivity (Wildman–Crippen MR) is 39.2 cm³/mol. The largest absolute Gasteiger partial charge is 0.392 e. The van der Waals surface area contributed by atoms with Gasteiger partial charge in [-0.2, -0.15) is 13.2 Å². The molecule has 0 saturated heterocycles. The maximum Gasteiger partial charge on any atom is 0.392 e. The van der Waals surface area contributed by atoms with Crippen molar-refractivity contribution >= 4 is 0 Å². The van der Waals surface area contributed by atoms with Crippen LogP contribution in [0, 0.1) is 0 Å². The summed E-state index contributed by atoms with van der Waals surface area (Å²) in [5.74, 6) is 0. The van der Waals surface area contributed by atoms with Crippen molar-refractivity contribution in [2.75, 3.05) is 0 Å². The summed E-state index contributed by atoms with van der Waals surface area (Å²) < 4.78 is 34.5. The molecule has 0 nitrogen and oxygen atoms in total. The lowest BCUT2D eigenvalue weighted by atomic mass is 10.3. The number of alkyl halides is 3. The summed E-state index contributed by atoms with van der Waals surface area (Å²) in [6.07, 6.45) is 1.86. The van der Waals surface area contributed by atoms with Gasteiger partial charge in [0, 0.05) is 0 Å². The van der Waals surface area contributed by atoms with Crippen LogP contribution in [0.3, 0.4) is 0 Å². The molecular weight excluding hydrogens is 153 g/mol. The zero-order chi connectivity index (χ0) is 8.74. The standard InChI is InChI=1S/C8H11F3/c1-2-3-4-5-6-7-8(9,10)11/h3-6H,2,7H2,1H3/b4-3-,6-5+. The van der Waals surface area contributed by atoms with E-state index < -0.39 is 12.6 Å². The zero-order valence-corrected chi connectivity index (χ0v) is 6.36. The van der Waals surface area contributed by atoms with Crippen molar-refractivity contribution in [1.29, 1.82) is 0 Å². The van der Waals surface area contributed by atoms with Crippen molar-refractivity contribution in [2.24, 2.45) is 0 Å². The first-order chi connectivity index (χ1) is 5.06. The smallest absolute Gasteiger partial charge is 0.171 e. The van der Waals surface area contributed by atoms with Gasteiger partial charge in [0.15, 0.2) is 0 Å². The first-order valence-electron chi connectivity index (χ1n) is 3.44. The van der Waals surface area contributed by atoms with Crippen LogP contribution < -0.4 is 0 Å². The van der Waals surface area contributed by atoms with Crippen LogP contribution in [0.4, 0.5) is 13.2 Å². The second-order valence-corrected chi connectivity index (χ2v) is 2.08. The Hall–Kier alpha value is -0.730. The SMILES string of the molecule is CC/C=C\C=C\CC(F)(F)F. The molecule has 0 N–H and O–H groups in total. The van der Waals surface area contributed by atoms with E-state index in [9.17, 15) is 13.2 Å². The molecule has 0 rings (SSSR count). The molecule has 0 radical (unpaired) electrons. The molecule has 0 aromatic heterocycles. The molecule has 0 saturated carbocycles. The molecule has 0 atom stereocenters. The zero-order valence-electron chi connectivity index (χ0n) is 6.36. The minimum absolute atomic E-state index is 0.844. The van der Waals surface area contributed by atoms with Gasteiger partial charge in [-0.3, -0.25) is 0 Å². The van der Waals surface area contributed by atoms with Crippen LogP contribution in [0.5, 0.6) is 0 Å². The predicted octanol–water partition coefficient (Wildman–Crippen LogP) is 3.46. The topological polar surface area (TPSA) is 0 Å². The lowest BCUT2D eigenvalue weighted by molar-refractivity contribution is -0.125. The molecule has 0 aliphatic carbocycles. The van der Waals surface area contributed by atoms with Gasteiger partial charge in [0.25, 0.3) is 0 Å². The molecule has 0 heterocycles. The second-order valence-electron chi connectivity index (χ2n) is 2.08. The summed E-state index contributed by atoms with van der Waals surface area (Å²) in [5.41, 5.74) is 0. The number of hydrogen-bond acceptors (Lipinski definition) is 0. The third-order valence-corrected chi connectivity index (χ3v) is 0.968. The second kappa shape index (κ2) is 4.99. The van der Waals surface area contributed by atoms with Gasteiger partial charge < -0.3 is 0 Å². The van der Waals surface area contributed by atoms with E-state index in [0.717, 1.165) is 12.5 Å². The Morgan fingerprint density at radius 3 is 2.09 bits per heavy atom. The Morgan fingerprint density at radius 1 is 1.09 bits per heavy atom. The average molecular weight is 164 g/mol. The van der Waals surface area contributed by atoms with Crippen LogP contribution in [0.15, 0.2) is 24.3 Å². The fourth-order valence-corrected chi connectivity index (χ4v) is 0.495. The molecule has 0 spiro atoms. The van der Waals surface area contributed by atoms with Crippen LogP contribution in [0.25, 0.3) is 0 Å². The summed E-state index contributed by atoms with van der Waals surface area (Å²) in [4.78, 5) is 0. The molecule has 0 aliphatic heterocycles. The van der Waals surface area contributed by atoms with E-state index >= 15 is 0 Å². The van der Waals surface area contributed by atoms with E-state index in [0.29, 0.717) is 0 Å². The van der Waals surface area contributed by atoms with Gasteiger partial charge in [-0.25, -0.2) is 0 Å². The lowest BCUT2D eigenvalue weighted by Gasteiger charge is -1.98. The Kier molecular flexibility index (Phi) is 4.66. The van der Waals surface area contributed by atoms with Gasteiger partial charge in [-0.1, -0.05) is 31.2 Å². The van der Waals surface area contributed by atoms with Gasteiger partial charge in [0.1, 0.15) is 0 Å². The molecule has 0 bridgehead atoms. The highest BCUT2D eigenvalue weighted by atomic mass is 19.4. The maximum atomic E-state index is 11.5. The summed E-state index contributed by atoms with van der Waals surface area (Å²) in [6.45, 7) is 1.92. The highest BCUT2D eigenvalue weighted by Gasteiger charge is 2.24. The summed E-state index contributed by atoms with van der Waals surface area (Å²) in [7, 11) is 0. The van der Waals surface area contributed by atoms with Crippen molar-refractivity contribution in [3.8, 4) is 0 Å². The van der Waals surface area contributed by atoms with Gasteiger partial charge >= 0.3 is 6.18 Å². The quantitative estimate of drug-likeness (QED) is 0.560. The van der Waals surface area contributed by atoms with Gasteiger partial charge in [-0.15, -0.1) is 0 Å². The van der Waals surface area contributed by atoms with E-state index in [4.69, 9.17) is 0 Å². The first kappa shape index (κ1) is 10.3. The van der Waals surface area contributed by atoms with Gasteiger partial charge in [-0.05, 0) is 6.42 Å². The summed E-state index contributed by atoms with van der Waals surface area (Å²) in [5, 5.41) is 0. The van der Waals surface area contributed by atoms with Crippen LogP contribution in [0.2, 0.25) is 0 Å². The highest BCUT2D eigenvalue weighted by molar-refractivity contribution is 5.02. The van der Waals surface area contributed by atoms with E-state index in [1.165, 1.54) is 6.08 Å². The molecule has 0 unspecified atom stereocenters. The van der Waals surface area contributed by atoms with Crippen molar-refractivity contribution in [2.45, 2.75) is 25.9 Å². The van der Waals surface area contributed by atoms with Crippen molar-refractivity contribution < 1.29 is 13.2 Å². The van der Waals surface area contributed by atoms with E-state index in [2.05, 4.69) is 0 Å². The van der Waals surface area contributed by atoms with Crippen molar-refractivity contribution in [3.05, 3.63) is 24.3 Å². The molecule has 0 aromatic rings.